The van der Waals surface area contributed by atoms with Crippen molar-refractivity contribution in [2.75, 3.05) is 0 Å². The van der Waals surface area contributed by atoms with Crippen LogP contribution in [0.2, 0.25) is 0 Å². The average Bonchev–Trinajstić information content (AvgIpc) is 2.66. The van der Waals surface area contributed by atoms with E-state index in [1.165, 1.54) is 0 Å². The molecule has 3 aromatic carbocycles. The van der Waals surface area contributed by atoms with Crippen molar-refractivity contribution < 1.29 is 4.42 Å². The monoisotopic (exact) mass is 392 g/mol. The zero-order chi connectivity index (χ0) is 17.2. The minimum atomic E-state index is -0.120. The maximum absolute atomic E-state index is 13.2. The first-order valence-corrected chi connectivity index (χ1v) is 9.80. The average molecular weight is 391 g/mol. The Morgan fingerprint density at radius 1 is 0.800 bits per heavy atom. The standard InChI is InChI=1S/C22H16O2Se/c1-15-9-8-14-18-19(23)22(25-17-12-6-3-7-13-17)21(24-20(15)18)16-10-4-2-5-11-16/h2-14H,1H3. The molecule has 0 aliphatic rings. The van der Waals surface area contributed by atoms with Gasteiger partial charge in [0.2, 0.25) is 0 Å². The van der Waals surface area contributed by atoms with Crippen LogP contribution in [0.4, 0.5) is 0 Å². The number of rotatable bonds is 3. The molecule has 0 bridgehead atoms. The molecule has 25 heavy (non-hydrogen) atoms. The van der Waals surface area contributed by atoms with E-state index >= 15 is 0 Å². The number of benzene rings is 3. The van der Waals surface area contributed by atoms with Gasteiger partial charge in [-0.3, -0.25) is 0 Å². The molecule has 0 aliphatic carbocycles. The van der Waals surface area contributed by atoms with Crippen molar-refractivity contribution in [1.82, 2.24) is 0 Å². The van der Waals surface area contributed by atoms with Crippen molar-refractivity contribution in [3.8, 4) is 11.3 Å². The zero-order valence-corrected chi connectivity index (χ0v) is 15.4. The number of para-hydroxylation sites is 1. The third-order valence-corrected chi connectivity index (χ3v) is 6.34. The Kier molecular flexibility index (Phi) is 4.27. The van der Waals surface area contributed by atoms with Crippen LogP contribution in [0.3, 0.4) is 0 Å². The predicted molar refractivity (Wildman–Crippen MR) is 104 cm³/mol. The van der Waals surface area contributed by atoms with Gasteiger partial charge in [0.15, 0.2) is 0 Å². The van der Waals surface area contributed by atoms with Gasteiger partial charge < -0.3 is 0 Å². The van der Waals surface area contributed by atoms with Gasteiger partial charge >= 0.3 is 152 Å². The summed E-state index contributed by atoms with van der Waals surface area (Å²) in [4.78, 5) is 13.2. The molecule has 0 fully saturated rings. The molecule has 0 spiro atoms. The van der Waals surface area contributed by atoms with E-state index in [2.05, 4.69) is 12.1 Å². The van der Waals surface area contributed by atoms with E-state index in [4.69, 9.17) is 4.42 Å². The second-order valence-corrected chi connectivity index (χ2v) is 8.10. The molecular weight excluding hydrogens is 375 g/mol. The summed E-state index contributed by atoms with van der Waals surface area (Å²) >= 11 is -0.120. The molecule has 3 heteroatoms. The summed E-state index contributed by atoms with van der Waals surface area (Å²) in [5, 5.41) is 0.660. The van der Waals surface area contributed by atoms with Crippen molar-refractivity contribution in [1.29, 1.82) is 0 Å². The Bertz CT molecular complexity index is 1080. The van der Waals surface area contributed by atoms with Crippen LogP contribution >= 0.6 is 0 Å². The van der Waals surface area contributed by atoms with Crippen molar-refractivity contribution in [3.63, 3.8) is 0 Å². The van der Waals surface area contributed by atoms with E-state index < -0.39 is 0 Å². The number of hydrogen-bond donors (Lipinski definition) is 0. The summed E-state index contributed by atoms with van der Waals surface area (Å²) in [6, 6.07) is 25.8. The van der Waals surface area contributed by atoms with Crippen LogP contribution in [0.15, 0.2) is 88.1 Å². The van der Waals surface area contributed by atoms with Crippen LogP contribution in [0.25, 0.3) is 22.3 Å². The summed E-state index contributed by atoms with van der Waals surface area (Å²) in [6.45, 7) is 1.97. The van der Waals surface area contributed by atoms with Gasteiger partial charge in [0, 0.05) is 0 Å². The first-order valence-electron chi connectivity index (χ1n) is 8.09. The summed E-state index contributed by atoms with van der Waals surface area (Å²) < 4.78 is 8.20. The van der Waals surface area contributed by atoms with Crippen molar-refractivity contribution >= 4 is 34.8 Å². The Labute approximate surface area is 152 Å². The Morgan fingerprint density at radius 3 is 2.20 bits per heavy atom. The molecular formula is C22H16O2Se. The van der Waals surface area contributed by atoms with E-state index in [1.54, 1.807) is 0 Å². The quantitative estimate of drug-likeness (QED) is 0.501. The molecule has 0 atom stereocenters. The van der Waals surface area contributed by atoms with Crippen LogP contribution in [-0.2, 0) is 0 Å². The van der Waals surface area contributed by atoms with Crippen molar-refractivity contribution in [2.45, 2.75) is 6.92 Å². The van der Waals surface area contributed by atoms with Crippen LogP contribution in [0.5, 0.6) is 0 Å². The predicted octanol–water partition coefficient (Wildman–Crippen LogP) is 3.42. The first kappa shape index (κ1) is 15.9. The third kappa shape index (κ3) is 3.04. The van der Waals surface area contributed by atoms with Crippen LogP contribution in [0.1, 0.15) is 5.56 Å². The maximum atomic E-state index is 13.2. The molecule has 0 amide bonds. The second-order valence-electron chi connectivity index (χ2n) is 5.82. The fourth-order valence-electron chi connectivity index (χ4n) is 2.82. The second kappa shape index (κ2) is 6.72. The minimum absolute atomic E-state index is 0.0765. The topological polar surface area (TPSA) is 30.2 Å². The molecule has 0 saturated heterocycles. The molecule has 0 unspecified atom stereocenters. The Hall–Kier alpha value is -2.61. The first-order chi connectivity index (χ1) is 12.2. The molecule has 0 aliphatic heterocycles. The molecule has 1 aromatic heterocycles. The number of fused-ring (bicyclic) bond motifs is 1. The molecule has 2 nitrogen and oxygen atoms in total. The van der Waals surface area contributed by atoms with Gasteiger partial charge in [-0.2, -0.15) is 0 Å². The Balaban J connectivity index is 2.01. The van der Waals surface area contributed by atoms with E-state index in [9.17, 15) is 4.79 Å². The molecule has 122 valence electrons. The summed E-state index contributed by atoms with van der Waals surface area (Å²) in [5.74, 6) is 0.691. The SMILES string of the molecule is Cc1cccc2c(=O)c([Se]c3ccccc3)c(-c3ccccc3)oc12. The van der Waals surface area contributed by atoms with Crippen LogP contribution in [-0.4, -0.2) is 15.0 Å². The molecule has 0 radical (unpaired) electrons. The van der Waals surface area contributed by atoms with Crippen LogP contribution in [0, 0.1) is 6.92 Å². The summed E-state index contributed by atoms with van der Waals surface area (Å²) in [7, 11) is 0. The van der Waals surface area contributed by atoms with E-state index in [0.717, 1.165) is 20.1 Å². The third-order valence-electron chi connectivity index (χ3n) is 4.07. The number of hydrogen-bond acceptors (Lipinski definition) is 2. The Morgan fingerprint density at radius 2 is 1.48 bits per heavy atom. The van der Waals surface area contributed by atoms with Gasteiger partial charge in [-0.15, -0.1) is 0 Å². The van der Waals surface area contributed by atoms with E-state index in [-0.39, 0.29) is 20.4 Å². The summed E-state index contributed by atoms with van der Waals surface area (Å²) in [5.41, 5.74) is 2.68. The molecule has 4 rings (SSSR count). The van der Waals surface area contributed by atoms with Crippen LogP contribution < -0.4 is 14.4 Å². The molecule has 0 N–H and O–H groups in total. The molecule has 4 aromatic rings. The summed E-state index contributed by atoms with van der Waals surface area (Å²) in [6.07, 6.45) is 0. The van der Waals surface area contributed by atoms with Gasteiger partial charge in [-0.1, -0.05) is 0 Å². The van der Waals surface area contributed by atoms with E-state index in [1.807, 2.05) is 73.7 Å². The fraction of sp³-hybridized carbons (Fsp3) is 0.0455. The van der Waals surface area contributed by atoms with Gasteiger partial charge in [0.05, 0.1) is 0 Å². The van der Waals surface area contributed by atoms with Crippen molar-refractivity contribution in [2.24, 2.45) is 0 Å². The van der Waals surface area contributed by atoms with Gasteiger partial charge in [0.1, 0.15) is 0 Å². The number of aryl methyl sites for hydroxylation is 1. The zero-order valence-electron chi connectivity index (χ0n) is 13.7. The fourth-order valence-corrected chi connectivity index (χ4v) is 4.88. The van der Waals surface area contributed by atoms with Crippen molar-refractivity contribution in [3.05, 3.63) is 94.6 Å². The van der Waals surface area contributed by atoms with E-state index in [0.29, 0.717) is 16.7 Å². The van der Waals surface area contributed by atoms with Gasteiger partial charge in [-0.05, 0) is 0 Å². The van der Waals surface area contributed by atoms with Gasteiger partial charge in [0.25, 0.3) is 0 Å². The molecule has 1 heterocycles. The molecule has 0 saturated carbocycles. The normalized spacial score (nSPS) is 10.9. The van der Waals surface area contributed by atoms with Gasteiger partial charge in [-0.25, -0.2) is 0 Å².